The van der Waals surface area contributed by atoms with Crippen molar-refractivity contribution >= 4 is 15.9 Å². The lowest BCUT2D eigenvalue weighted by Crippen LogP contribution is -2.48. The van der Waals surface area contributed by atoms with Gasteiger partial charge < -0.3 is 10.2 Å². The van der Waals surface area contributed by atoms with Crippen LogP contribution in [0.2, 0.25) is 0 Å². The van der Waals surface area contributed by atoms with Crippen LogP contribution in [0.5, 0.6) is 0 Å². The molecule has 0 aliphatic carbocycles. The minimum atomic E-state index is -3.35. The van der Waals surface area contributed by atoms with Crippen LogP contribution in [-0.2, 0) is 20.6 Å². The van der Waals surface area contributed by atoms with Gasteiger partial charge in [-0.1, -0.05) is 24.3 Å². The first-order valence-electron chi connectivity index (χ1n) is 9.86. The third kappa shape index (κ3) is 5.30. The lowest BCUT2D eigenvalue weighted by Gasteiger charge is -2.33. The number of hydrogen-bond acceptors (Lipinski definition) is 4. The molecule has 150 valence electrons. The van der Waals surface area contributed by atoms with Crippen LogP contribution >= 0.6 is 0 Å². The molecule has 2 aliphatic rings. The summed E-state index contributed by atoms with van der Waals surface area (Å²) in [5, 5.41) is 3.18. The van der Waals surface area contributed by atoms with Crippen LogP contribution in [0.15, 0.2) is 24.3 Å². The number of likely N-dealkylation sites (tertiary alicyclic amines) is 1. The Labute approximate surface area is 163 Å². The minimum Gasteiger partial charge on any atom is -0.353 e. The Morgan fingerprint density at radius 3 is 2.33 bits per heavy atom. The van der Waals surface area contributed by atoms with E-state index in [4.69, 9.17) is 0 Å². The van der Waals surface area contributed by atoms with Crippen LogP contribution in [0.3, 0.4) is 0 Å². The van der Waals surface area contributed by atoms with Crippen molar-refractivity contribution in [1.82, 2.24) is 14.5 Å². The molecule has 7 heteroatoms. The van der Waals surface area contributed by atoms with E-state index < -0.39 is 10.0 Å². The summed E-state index contributed by atoms with van der Waals surface area (Å²) in [6.07, 6.45) is 3.19. The van der Waals surface area contributed by atoms with E-state index in [0.717, 1.165) is 37.1 Å². The second kappa shape index (κ2) is 8.71. The van der Waals surface area contributed by atoms with Crippen LogP contribution in [0.1, 0.15) is 36.8 Å². The number of carbonyl (C=O) groups excluding carboxylic acids is 1. The van der Waals surface area contributed by atoms with Crippen molar-refractivity contribution in [3.05, 3.63) is 35.4 Å². The third-order valence-electron chi connectivity index (χ3n) is 5.88. The van der Waals surface area contributed by atoms with Gasteiger partial charge in [0.1, 0.15) is 0 Å². The largest absolute Gasteiger partial charge is 0.353 e. The molecule has 0 unspecified atom stereocenters. The Kier molecular flexibility index (Phi) is 6.55. The molecule has 0 radical (unpaired) electrons. The molecule has 2 heterocycles. The van der Waals surface area contributed by atoms with E-state index in [9.17, 15) is 13.2 Å². The predicted molar refractivity (Wildman–Crippen MR) is 107 cm³/mol. The van der Waals surface area contributed by atoms with Crippen molar-refractivity contribution < 1.29 is 13.2 Å². The van der Waals surface area contributed by atoms with Gasteiger partial charge in [-0.3, -0.25) is 4.79 Å². The molecule has 1 aromatic rings. The van der Waals surface area contributed by atoms with Gasteiger partial charge in [0.2, 0.25) is 15.9 Å². The van der Waals surface area contributed by atoms with E-state index in [1.807, 2.05) is 31.2 Å². The fourth-order valence-electron chi connectivity index (χ4n) is 3.93. The lowest BCUT2D eigenvalue weighted by molar-refractivity contribution is -0.127. The normalized spacial score (nSPS) is 21.3. The molecule has 1 aromatic carbocycles. The number of sulfonamides is 1. The average molecular weight is 394 g/mol. The number of benzene rings is 1. The number of piperidine rings is 2. The Balaban J connectivity index is 1.50. The van der Waals surface area contributed by atoms with Crippen LogP contribution in [0.25, 0.3) is 0 Å². The lowest BCUT2D eigenvalue weighted by atomic mass is 9.96. The highest BCUT2D eigenvalue weighted by Crippen LogP contribution is 2.23. The number of nitrogens with zero attached hydrogens (tertiary/aromatic N) is 2. The molecule has 27 heavy (non-hydrogen) atoms. The number of amides is 1. The van der Waals surface area contributed by atoms with E-state index in [2.05, 4.69) is 17.3 Å². The zero-order chi connectivity index (χ0) is 19.4. The van der Waals surface area contributed by atoms with Crippen LogP contribution in [0.4, 0.5) is 0 Å². The Morgan fingerprint density at radius 2 is 1.70 bits per heavy atom. The maximum atomic E-state index is 12.8. The summed E-state index contributed by atoms with van der Waals surface area (Å²) in [5.74, 6) is 0.0571. The van der Waals surface area contributed by atoms with E-state index in [1.54, 1.807) is 4.31 Å². The molecular weight excluding hydrogens is 362 g/mol. The molecule has 2 saturated heterocycles. The molecule has 1 N–H and O–H groups in total. The van der Waals surface area contributed by atoms with E-state index in [1.165, 1.54) is 0 Å². The smallest absolute Gasteiger partial charge is 0.223 e. The zero-order valence-corrected chi connectivity index (χ0v) is 17.2. The first kappa shape index (κ1) is 20.3. The van der Waals surface area contributed by atoms with Crippen molar-refractivity contribution in [3.8, 4) is 0 Å². The predicted octanol–water partition coefficient (Wildman–Crippen LogP) is 1.75. The molecule has 2 fully saturated rings. The number of rotatable bonds is 5. The molecule has 3 rings (SSSR count). The SMILES string of the molecule is Cc1ccccc1CS(=O)(=O)N1CCC(C(=O)NC2CCN(C)CC2)CC1. The molecule has 0 saturated carbocycles. The Bertz CT molecular complexity index is 749. The van der Waals surface area contributed by atoms with Gasteiger partial charge in [0.15, 0.2) is 0 Å². The highest BCUT2D eigenvalue weighted by molar-refractivity contribution is 7.88. The highest BCUT2D eigenvalue weighted by atomic mass is 32.2. The quantitative estimate of drug-likeness (QED) is 0.827. The van der Waals surface area contributed by atoms with Gasteiger partial charge in [-0.25, -0.2) is 12.7 Å². The minimum absolute atomic E-state index is 0.0339. The van der Waals surface area contributed by atoms with Gasteiger partial charge in [-0.05, 0) is 63.9 Å². The Hall–Kier alpha value is -1.44. The molecule has 0 aromatic heterocycles. The summed E-state index contributed by atoms with van der Waals surface area (Å²) in [5.41, 5.74) is 1.84. The van der Waals surface area contributed by atoms with Crippen LogP contribution < -0.4 is 5.32 Å². The van der Waals surface area contributed by atoms with Gasteiger partial charge in [-0.15, -0.1) is 0 Å². The molecule has 6 nitrogen and oxygen atoms in total. The zero-order valence-electron chi connectivity index (χ0n) is 16.4. The summed E-state index contributed by atoms with van der Waals surface area (Å²) < 4.78 is 27.1. The van der Waals surface area contributed by atoms with Gasteiger partial charge in [0.25, 0.3) is 0 Å². The van der Waals surface area contributed by atoms with Crippen molar-refractivity contribution in [2.75, 3.05) is 33.2 Å². The van der Waals surface area contributed by atoms with Crippen molar-refractivity contribution in [2.24, 2.45) is 5.92 Å². The summed E-state index contributed by atoms with van der Waals surface area (Å²) in [7, 11) is -1.24. The molecule has 0 spiro atoms. The second-order valence-electron chi connectivity index (χ2n) is 7.94. The summed E-state index contributed by atoms with van der Waals surface area (Å²) in [6, 6.07) is 7.85. The van der Waals surface area contributed by atoms with Crippen molar-refractivity contribution in [2.45, 2.75) is 44.4 Å². The van der Waals surface area contributed by atoms with Crippen molar-refractivity contribution in [1.29, 1.82) is 0 Å². The van der Waals surface area contributed by atoms with Gasteiger partial charge in [-0.2, -0.15) is 0 Å². The summed E-state index contributed by atoms with van der Waals surface area (Å²) in [4.78, 5) is 14.8. The maximum absolute atomic E-state index is 12.8. The molecule has 0 atom stereocenters. The Morgan fingerprint density at radius 1 is 1.07 bits per heavy atom. The molecular formula is C20H31N3O3S. The highest BCUT2D eigenvalue weighted by Gasteiger charge is 2.32. The fraction of sp³-hybridized carbons (Fsp3) is 0.650. The first-order valence-corrected chi connectivity index (χ1v) is 11.5. The van der Waals surface area contributed by atoms with Crippen LogP contribution in [-0.4, -0.2) is 62.8 Å². The average Bonchev–Trinajstić information content (AvgIpc) is 2.65. The van der Waals surface area contributed by atoms with E-state index in [-0.39, 0.29) is 23.6 Å². The monoisotopic (exact) mass is 393 g/mol. The molecule has 1 amide bonds. The second-order valence-corrected chi connectivity index (χ2v) is 9.91. The number of carbonyl (C=O) groups is 1. The number of hydrogen-bond donors (Lipinski definition) is 1. The topological polar surface area (TPSA) is 69.7 Å². The number of nitrogens with one attached hydrogen (secondary N) is 1. The molecule has 2 aliphatic heterocycles. The van der Waals surface area contributed by atoms with Crippen LogP contribution in [0, 0.1) is 12.8 Å². The van der Waals surface area contributed by atoms with Gasteiger partial charge in [0, 0.05) is 25.0 Å². The summed E-state index contributed by atoms with van der Waals surface area (Å²) >= 11 is 0. The first-order chi connectivity index (χ1) is 12.8. The van der Waals surface area contributed by atoms with Crippen molar-refractivity contribution in [3.63, 3.8) is 0 Å². The van der Waals surface area contributed by atoms with E-state index >= 15 is 0 Å². The molecule has 0 bridgehead atoms. The van der Waals surface area contributed by atoms with Gasteiger partial charge in [0.05, 0.1) is 5.75 Å². The van der Waals surface area contributed by atoms with Gasteiger partial charge >= 0.3 is 0 Å². The summed E-state index contributed by atoms with van der Waals surface area (Å²) in [6.45, 7) is 4.82. The maximum Gasteiger partial charge on any atom is 0.223 e. The fourth-order valence-corrected chi connectivity index (χ4v) is 5.59. The standard InChI is InChI=1S/C20H31N3O3S/c1-16-5-3-4-6-18(16)15-27(25,26)23-13-7-17(8-14-23)20(24)21-19-9-11-22(2)12-10-19/h3-6,17,19H,7-15H2,1-2H3,(H,21,24). The third-order valence-corrected chi connectivity index (χ3v) is 7.71. The number of aryl methyl sites for hydroxylation is 1. The van der Waals surface area contributed by atoms with E-state index in [0.29, 0.717) is 25.9 Å².